The summed E-state index contributed by atoms with van der Waals surface area (Å²) in [7, 11) is 0. The molecule has 3 heteroatoms. The maximum atomic E-state index is 3.64. The van der Waals surface area contributed by atoms with Gasteiger partial charge in [0.05, 0.1) is 3.79 Å². The summed E-state index contributed by atoms with van der Waals surface area (Å²) in [6.45, 7) is 3.35. The Kier molecular flexibility index (Phi) is 4.23. The molecule has 15 heavy (non-hydrogen) atoms. The van der Waals surface area contributed by atoms with Crippen molar-refractivity contribution < 1.29 is 0 Å². The predicted molar refractivity (Wildman–Crippen MR) is 70.3 cm³/mol. The zero-order chi connectivity index (χ0) is 10.7. The average molecular weight is 288 g/mol. The molecule has 0 aromatic carbocycles. The van der Waals surface area contributed by atoms with Crippen molar-refractivity contribution in [3.05, 3.63) is 20.8 Å². The van der Waals surface area contributed by atoms with Gasteiger partial charge in [-0.1, -0.05) is 12.8 Å². The van der Waals surface area contributed by atoms with Crippen LogP contribution >= 0.6 is 27.3 Å². The summed E-state index contributed by atoms with van der Waals surface area (Å²) in [5.74, 6) is 0.911. The Labute approximate surface area is 104 Å². The molecule has 0 aliphatic heterocycles. The molecule has 0 radical (unpaired) electrons. The highest BCUT2D eigenvalue weighted by molar-refractivity contribution is 9.11. The van der Waals surface area contributed by atoms with Crippen molar-refractivity contribution in [3.8, 4) is 0 Å². The highest BCUT2D eigenvalue weighted by atomic mass is 79.9. The van der Waals surface area contributed by atoms with Crippen molar-refractivity contribution in [2.75, 3.05) is 0 Å². The molecule has 2 rings (SSSR count). The number of thiophene rings is 1. The Morgan fingerprint density at radius 1 is 1.47 bits per heavy atom. The van der Waals surface area contributed by atoms with Crippen LogP contribution in [-0.4, -0.2) is 6.04 Å². The minimum Gasteiger partial charge on any atom is -0.309 e. The minimum atomic E-state index is 0.674. The van der Waals surface area contributed by atoms with Crippen LogP contribution in [0.15, 0.2) is 15.9 Å². The van der Waals surface area contributed by atoms with Gasteiger partial charge in [-0.25, -0.2) is 0 Å². The zero-order valence-corrected chi connectivity index (χ0v) is 11.5. The van der Waals surface area contributed by atoms with Gasteiger partial charge in [-0.2, -0.15) is 0 Å². The smallest absolute Gasteiger partial charge is 0.0701 e. The second kappa shape index (κ2) is 5.46. The second-order valence-electron chi connectivity index (χ2n) is 4.42. The molecule has 0 spiro atoms. The van der Waals surface area contributed by atoms with Crippen LogP contribution in [0.3, 0.4) is 0 Å². The lowest BCUT2D eigenvalue weighted by Crippen LogP contribution is -2.31. The van der Waals surface area contributed by atoms with Gasteiger partial charge in [-0.15, -0.1) is 11.3 Å². The van der Waals surface area contributed by atoms with Crippen LogP contribution in [0.4, 0.5) is 0 Å². The van der Waals surface area contributed by atoms with Gasteiger partial charge < -0.3 is 5.32 Å². The number of hydrogen-bond donors (Lipinski definition) is 1. The lowest BCUT2D eigenvalue weighted by Gasteiger charge is -2.19. The maximum Gasteiger partial charge on any atom is 0.0701 e. The van der Waals surface area contributed by atoms with E-state index in [1.54, 1.807) is 0 Å². The van der Waals surface area contributed by atoms with Gasteiger partial charge in [0.25, 0.3) is 0 Å². The van der Waals surface area contributed by atoms with Crippen LogP contribution in [0.5, 0.6) is 0 Å². The van der Waals surface area contributed by atoms with E-state index in [1.165, 1.54) is 34.3 Å². The zero-order valence-electron chi connectivity index (χ0n) is 9.13. The topological polar surface area (TPSA) is 12.0 Å². The van der Waals surface area contributed by atoms with Gasteiger partial charge in [0.2, 0.25) is 0 Å². The molecule has 1 aliphatic carbocycles. The van der Waals surface area contributed by atoms with Gasteiger partial charge in [0.15, 0.2) is 0 Å². The van der Waals surface area contributed by atoms with Crippen LogP contribution in [0, 0.1) is 5.92 Å². The Bertz CT molecular complexity index is 304. The molecule has 1 saturated carbocycles. The fourth-order valence-corrected chi connectivity index (χ4v) is 3.77. The highest BCUT2D eigenvalue weighted by Gasteiger charge is 2.20. The van der Waals surface area contributed by atoms with Crippen LogP contribution in [0.2, 0.25) is 0 Å². The summed E-state index contributed by atoms with van der Waals surface area (Å²) in [5, 5.41) is 3.64. The largest absolute Gasteiger partial charge is 0.309 e. The third-order valence-electron chi connectivity index (χ3n) is 3.33. The molecule has 1 aliphatic rings. The summed E-state index contributed by atoms with van der Waals surface area (Å²) in [6.07, 6.45) is 5.70. The summed E-state index contributed by atoms with van der Waals surface area (Å²) in [6, 6.07) is 5.00. The molecule has 1 aromatic rings. The van der Waals surface area contributed by atoms with E-state index in [4.69, 9.17) is 0 Å². The monoisotopic (exact) mass is 287 g/mol. The fourth-order valence-electron chi connectivity index (χ4n) is 2.33. The summed E-state index contributed by atoms with van der Waals surface area (Å²) >= 11 is 5.32. The van der Waals surface area contributed by atoms with Gasteiger partial charge in [0.1, 0.15) is 0 Å². The second-order valence-corrected chi connectivity index (χ2v) is 6.97. The van der Waals surface area contributed by atoms with Crippen molar-refractivity contribution in [3.63, 3.8) is 0 Å². The molecule has 84 valence electrons. The van der Waals surface area contributed by atoms with Gasteiger partial charge in [0, 0.05) is 17.5 Å². The summed E-state index contributed by atoms with van der Waals surface area (Å²) in [4.78, 5) is 1.42. The predicted octanol–water partition coefficient (Wildman–Crippen LogP) is 4.18. The van der Waals surface area contributed by atoms with Crippen molar-refractivity contribution in [1.82, 2.24) is 5.32 Å². The van der Waals surface area contributed by atoms with E-state index in [0.717, 1.165) is 12.5 Å². The Morgan fingerprint density at radius 2 is 2.20 bits per heavy atom. The normalized spacial score (nSPS) is 19.6. The molecular weight excluding hydrogens is 270 g/mol. The molecule has 0 unspecified atom stereocenters. The number of nitrogens with one attached hydrogen (secondary N) is 1. The molecule has 1 atom stereocenters. The lowest BCUT2D eigenvalue weighted by atomic mass is 10.00. The Hall–Kier alpha value is 0.140. The number of hydrogen-bond acceptors (Lipinski definition) is 2. The molecule has 0 amide bonds. The average Bonchev–Trinajstić information content (AvgIpc) is 2.84. The Morgan fingerprint density at radius 3 is 2.80 bits per heavy atom. The third kappa shape index (κ3) is 3.30. The first-order valence-electron chi connectivity index (χ1n) is 5.73. The minimum absolute atomic E-state index is 0.674. The molecule has 0 bridgehead atoms. The van der Waals surface area contributed by atoms with Crippen LogP contribution in [0.25, 0.3) is 0 Å². The number of rotatable bonds is 4. The molecular formula is C12H18BrNS. The standard InChI is InChI=1S/C12H18BrNS/c1-9(10-4-2-3-5-10)14-8-11-6-7-12(13)15-11/h6-7,9-10,14H,2-5,8H2,1H3/t9-/m0/s1. The van der Waals surface area contributed by atoms with Crippen LogP contribution in [-0.2, 0) is 6.54 Å². The van der Waals surface area contributed by atoms with E-state index in [9.17, 15) is 0 Å². The van der Waals surface area contributed by atoms with E-state index < -0.39 is 0 Å². The third-order valence-corrected chi connectivity index (χ3v) is 4.96. The molecule has 1 N–H and O–H groups in total. The van der Waals surface area contributed by atoms with E-state index in [1.807, 2.05) is 11.3 Å². The first-order valence-corrected chi connectivity index (χ1v) is 7.34. The SMILES string of the molecule is C[C@H](NCc1ccc(Br)s1)C1CCCC1. The van der Waals surface area contributed by atoms with Crippen molar-refractivity contribution in [2.24, 2.45) is 5.92 Å². The molecule has 1 aromatic heterocycles. The summed E-state index contributed by atoms with van der Waals surface area (Å²) in [5.41, 5.74) is 0. The molecule has 1 nitrogen and oxygen atoms in total. The van der Waals surface area contributed by atoms with Crippen molar-refractivity contribution in [2.45, 2.75) is 45.2 Å². The van der Waals surface area contributed by atoms with Crippen LogP contribution < -0.4 is 5.32 Å². The van der Waals surface area contributed by atoms with E-state index in [-0.39, 0.29) is 0 Å². The van der Waals surface area contributed by atoms with Crippen LogP contribution in [0.1, 0.15) is 37.5 Å². The van der Waals surface area contributed by atoms with Crippen molar-refractivity contribution in [1.29, 1.82) is 0 Å². The van der Waals surface area contributed by atoms with Gasteiger partial charge >= 0.3 is 0 Å². The molecule has 1 heterocycles. The first-order chi connectivity index (χ1) is 7.25. The molecule has 1 fully saturated rings. The molecule has 0 saturated heterocycles. The quantitative estimate of drug-likeness (QED) is 0.876. The number of halogens is 1. The highest BCUT2D eigenvalue weighted by Crippen LogP contribution is 2.28. The van der Waals surface area contributed by atoms with Gasteiger partial charge in [-0.3, -0.25) is 0 Å². The van der Waals surface area contributed by atoms with E-state index >= 15 is 0 Å². The van der Waals surface area contributed by atoms with E-state index in [2.05, 4.69) is 40.3 Å². The Balaban J connectivity index is 1.77. The van der Waals surface area contributed by atoms with E-state index in [0.29, 0.717) is 6.04 Å². The van der Waals surface area contributed by atoms with Crippen molar-refractivity contribution >= 4 is 27.3 Å². The maximum absolute atomic E-state index is 3.64. The summed E-state index contributed by atoms with van der Waals surface area (Å²) < 4.78 is 1.23. The lowest BCUT2D eigenvalue weighted by molar-refractivity contribution is 0.381. The fraction of sp³-hybridized carbons (Fsp3) is 0.667. The first kappa shape index (κ1) is 11.6. The van der Waals surface area contributed by atoms with Gasteiger partial charge in [-0.05, 0) is 53.7 Å².